The molecule has 1 aliphatic rings. The summed E-state index contributed by atoms with van der Waals surface area (Å²) in [4.78, 5) is 21.6. The molecule has 2 atom stereocenters. The SMILES string of the molecule is C[C@@H](C(=O)O)[C@@H]1CCCC(=O)C1. The second-order valence-electron chi connectivity index (χ2n) is 3.52. The third kappa shape index (κ3) is 2.06. The highest BCUT2D eigenvalue weighted by molar-refractivity contribution is 5.80. The summed E-state index contributed by atoms with van der Waals surface area (Å²) < 4.78 is 0. The molecule has 0 aliphatic heterocycles. The molecule has 1 fully saturated rings. The number of hydrogen-bond donors (Lipinski definition) is 1. The standard InChI is InChI=1S/C9H14O3/c1-6(9(11)12)7-3-2-4-8(10)5-7/h6-7H,2-5H2,1H3,(H,11,12)/t6-,7-/m1/s1. The minimum Gasteiger partial charge on any atom is -0.481 e. The predicted molar refractivity (Wildman–Crippen MR) is 43.8 cm³/mol. The molecule has 0 amide bonds. The number of carboxylic acid groups (broad SMARTS) is 1. The Hall–Kier alpha value is -0.860. The van der Waals surface area contributed by atoms with Crippen molar-refractivity contribution >= 4 is 11.8 Å². The topological polar surface area (TPSA) is 54.4 Å². The fourth-order valence-electron chi connectivity index (χ4n) is 1.69. The Morgan fingerprint density at radius 1 is 1.67 bits per heavy atom. The molecule has 0 spiro atoms. The molecule has 0 bridgehead atoms. The molecular formula is C9H14O3. The van der Waals surface area contributed by atoms with E-state index in [1.165, 1.54) is 0 Å². The second kappa shape index (κ2) is 3.70. The number of ketones is 1. The van der Waals surface area contributed by atoms with Gasteiger partial charge in [0.2, 0.25) is 0 Å². The molecular weight excluding hydrogens is 156 g/mol. The largest absolute Gasteiger partial charge is 0.481 e. The van der Waals surface area contributed by atoms with Gasteiger partial charge in [-0.3, -0.25) is 9.59 Å². The number of carbonyl (C=O) groups excluding carboxylic acids is 1. The summed E-state index contributed by atoms with van der Waals surface area (Å²) in [5.41, 5.74) is 0. The van der Waals surface area contributed by atoms with E-state index in [4.69, 9.17) is 5.11 Å². The Morgan fingerprint density at radius 2 is 2.33 bits per heavy atom. The minimum absolute atomic E-state index is 0.0729. The number of Topliss-reactive ketones (excluding diaryl/α,β-unsaturated/α-hetero) is 1. The third-order valence-electron chi connectivity index (χ3n) is 2.62. The first kappa shape index (κ1) is 9.23. The van der Waals surface area contributed by atoms with Gasteiger partial charge >= 0.3 is 5.97 Å². The monoisotopic (exact) mass is 170 g/mol. The van der Waals surface area contributed by atoms with Crippen molar-refractivity contribution in [1.82, 2.24) is 0 Å². The zero-order chi connectivity index (χ0) is 9.14. The molecule has 3 heteroatoms. The maximum atomic E-state index is 11.0. The van der Waals surface area contributed by atoms with Crippen molar-refractivity contribution < 1.29 is 14.7 Å². The molecule has 12 heavy (non-hydrogen) atoms. The van der Waals surface area contributed by atoms with Crippen LogP contribution in [-0.2, 0) is 9.59 Å². The molecule has 0 radical (unpaired) electrons. The highest BCUT2D eigenvalue weighted by Crippen LogP contribution is 2.27. The smallest absolute Gasteiger partial charge is 0.306 e. The summed E-state index contributed by atoms with van der Waals surface area (Å²) in [7, 11) is 0. The fourth-order valence-corrected chi connectivity index (χ4v) is 1.69. The number of carbonyl (C=O) groups is 2. The lowest BCUT2D eigenvalue weighted by Crippen LogP contribution is -2.26. The van der Waals surface area contributed by atoms with Crippen molar-refractivity contribution in [2.45, 2.75) is 32.6 Å². The van der Waals surface area contributed by atoms with E-state index in [1.54, 1.807) is 6.92 Å². The molecule has 1 rings (SSSR count). The molecule has 1 aliphatic carbocycles. The summed E-state index contributed by atoms with van der Waals surface area (Å²) in [6.45, 7) is 1.69. The van der Waals surface area contributed by atoms with E-state index in [0.29, 0.717) is 12.8 Å². The van der Waals surface area contributed by atoms with Crippen LogP contribution in [0.4, 0.5) is 0 Å². The molecule has 0 heterocycles. The van der Waals surface area contributed by atoms with Crippen molar-refractivity contribution in [2.75, 3.05) is 0 Å². The molecule has 68 valence electrons. The van der Waals surface area contributed by atoms with Gasteiger partial charge in [0.1, 0.15) is 5.78 Å². The zero-order valence-electron chi connectivity index (χ0n) is 7.25. The highest BCUT2D eigenvalue weighted by Gasteiger charge is 2.28. The quantitative estimate of drug-likeness (QED) is 0.682. The maximum Gasteiger partial charge on any atom is 0.306 e. The number of hydrogen-bond acceptors (Lipinski definition) is 2. The van der Waals surface area contributed by atoms with Gasteiger partial charge in [0.05, 0.1) is 5.92 Å². The highest BCUT2D eigenvalue weighted by atomic mass is 16.4. The number of aliphatic carboxylic acids is 1. The lowest BCUT2D eigenvalue weighted by Gasteiger charge is -2.23. The van der Waals surface area contributed by atoms with Crippen molar-refractivity contribution in [2.24, 2.45) is 11.8 Å². The summed E-state index contributed by atoms with van der Waals surface area (Å²) in [6.07, 6.45) is 2.86. The molecule has 1 N–H and O–H groups in total. The van der Waals surface area contributed by atoms with Crippen LogP contribution in [0.5, 0.6) is 0 Å². The third-order valence-corrected chi connectivity index (χ3v) is 2.62. The van der Waals surface area contributed by atoms with E-state index < -0.39 is 5.97 Å². The van der Waals surface area contributed by atoms with Gasteiger partial charge in [0, 0.05) is 12.8 Å². The van der Waals surface area contributed by atoms with Gasteiger partial charge in [-0.05, 0) is 18.8 Å². The lowest BCUT2D eigenvalue weighted by atomic mass is 9.80. The Morgan fingerprint density at radius 3 is 2.83 bits per heavy atom. The summed E-state index contributed by atoms with van der Waals surface area (Å²) in [5.74, 6) is -0.855. The van der Waals surface area contributed by atoms with Gasteiger partial charge < -0.3 is 5.11 Å². The van der Waals surface area contributed by atoms with Crippen LogP contribution in [0.3, 0.4) is 0 Å². The van der Waals surface area contributed by atoms with E-state index in [1.807, 2.05) is 0 Å². The maximum absolute atomic E-state index is 11.0. The molecule has 0 unspecified atom stereocenters. The van der Waals surface area contributed by atoms with Gasteiger partial charge in [0.25, 0.3) is 0 Å². The van der Waals surface area contributed by atoms with Crippen LogP contribution in [0.15, 0.2) is 0 Å². The van der Waals surface area contributed by atoms with Crippen LogP contribution < -0.4 is 0 Å². The van der Waals surface area contributed by atoms with Gasteiger partial charge in [0.15, 0.2) is 0 Å². The van der Waals surface area contributed by atoms with Crippen molar-refractivity contribution in [3.63, 3.8) is 0 Å². The summed E-state index contributed by atoms with van der Waals surface area (Å²) >= 11 is 0. The van der Waals surface area contributed by atoms with Gasteiger partial charge in [-0.1, -0.05) is 6.92 Å². The first-order valence-corrected chi connectivity index (χ1v) is 4.35. The predicted octanol–water partition coefficient (Wildman–Crippen LogP) is 1.47. The van der Waals surface area contributed by atoms with Crippen LogP contribution in [0.25, 0.3) is 0 Å². The van der Waals surface area contributed by atoms with E-state index in [9.17, 15) is 9.59 Å². The Labute approximate surface area is 71.8 Å². The first-order chi connectivity index (χ1) is 5.61. The Bertz CT molecular complexity index is 196. The normalized spacial score (nSPS) is 26.8. The van der Waals surface area contributed by atoms with Gasteiger partial charge in [-0.25, -0.2) is 0 Å². The van der Waals surface area contributed by atoms with E-state index in [-0.39, 0.29) is 17.6 Å². The lowest BCUT2D eigenvalue weighted by molar-refractivity contribution is -0.143. The molecule has 0 saturated heterocycles. The molecule has 0 aromatic carbocycles. The van der Waals surface area contributed by atoms with E-state index in [2.05, 4.69) is 0 Å². The second-order valence-corrected chi connectivity index (χ2v) is 3.52. The van der Waals surface area contributed by atoms with E-state index >= 15 is 0 Å². The Balaban J connectivity index is 2.51. The number of rotatable bonds is 2. The van der Waals surface area contributed by atoms with Crippen molar-refractivity contribution in [1.29, 1.82) is 0 Å². The average Bonchev–Trinajstić information content (AvgIpc) is 2.03. The fraction of sp³-hybridized carbons (Fsp3) is 0.778. The van der Waals surface area contributed by atoms with E-state index in [0.717, 1.165) is 12.8 Å². The average molecular weight is 170 g/mol. The summed E-state index contributed by atoms with van der Waals surface area (Å²) in [5, 5.41) is 8.71. The molecule has 3 nitrogen and oxygen atoms in total. The first-order valence-electron chi connectivity index (χ1n) is 4.35. The minimum atomic E-state index is -0.783. The number of carboxylic acids is 1. The van der Waals surface area contributed by atoms with Crippen LogP contribution in [0.2, 0.25) is 0 Å². The molecule has 1 saturated carbocycles. The Kier molecular flexibility index (Phi) is 2.84. The van der Waals surface area contributed by atoms with Crippen LogP contribution >= 0.6 is 0 Å². The van der Waals surface area contributed by atoms with Crippen LogP contribution in [0, 0.1) is 11.8 Å². The van der Waals surface area contributed by atoms with Gasteiger partial charge in [-0.15, -0.1) is 0 Å². The van der Waals surface area contributed by atoms with Crippen LogP contribution in [-0.4, -0.2) is 16.9 Å². The van der Waals surface area contributed by atoms with Crippen molar-refractivity contribution in [3.05, 3.63) is 0 Å². The molecule has 0 aromatic rings. The summed E-state index contributed by atoms with van der Waals surface area (Å²) in [6, 6.07) is 0. The molecule has 0 aromatic heterocycles. The zero-order valence-corrected chi connectivity index (χ0v) is 7.25. The van der Waals surface area contributed by atoms with Crippen molar-refractivity contribution in [3.8, 4) is 0 Å². The van der Waals surface area contributed by atoms with Crippen LogP contribution in [0.1, 0.15) is 32.6 Å². The van der Waals surface area contributed by atoms with Gasteiger partial charge in [-0.2, -0.15) is 0 Å².